The second kappa shape index (κ2) is 17.0. The Morgan fingerprint density at radius 1 is 0.895 bits per heavy atom. The van der Waals surface area contributed by atoms with Gasteiger partial charge in [-0.1, -0.05) is 113 Å². The molecule has 1 amide bonds. The van der Waals surface area contributed by atoms with Gasteiger partial charge in [-0.05, 0) is 24.6 Å². The van der Waals surface area contributed by atoms with Crippen LogP contribution in [-0.2, 0) is 6.54 Å². The third-order valence-electron chi connectivity index (χ3n) is 6.94. The van der Waals surface area contributed by atoms with Gasteiger partial charge >= 0.3 is 0 Å². The lowest BCUT2D eigenvalue weighted by atomic mass is 10.1. The summed E-state index contributed by atoms with van der Waals surface area (Å²) >= 11 is 1.64. The Labute approximate surface area is 232 Å². The minimum atomic E-state index is -0.505. The maximum atomic E-state index is 14.7. The maximum absolute atomic E-state index is 14.7. The van der Waals surface area contributed by atoms with E-state index in [1.165, 1.54) is 70.3 Å². The summed E-state index contributed by atoms with van der Waals surface area (Å²) in [5.41, 5.74) is 5.14. The fourth-order valence-corrected chi connectivity index (χ4v) is 5.40. The van der Waals surface area contributed by atoms with Crippen LogP contribution in [0.15, 0.2) is 53.4 Å². The number of carbonyl (C=O) groups excluding carboxylic acids is 1. The van der Waals surface area contributed by atoms with E-state index < -0.39 is 5.82 Å². The monoisotopic (exact) mass is 539 g/mol. The number of amides is 1. The summed E-state index contributed by atoms with van der Waals surface area (Å²) in [6.07, 6.45) is 15.1. The van der Waals surface area contributed by atoms with Crippen LogP contribution < -0.4 is 14.6 Å². The molecule has 0 saturated heterocycles. The van der Waals surface area contributed by atoms with Crippen LogP contribution in [0.1, 0.15) is 106 Å². The molecule has 0 atom stereocenters. The number of unbranched alkanes of at least 4 members (excludes halogenated alkanes) is 11. The van der Waals surface area contributed by atoms with Gasteiger partial charge in [-0.15, -0.1) is 0 Å². The molecule has 1 heterocycles. The Balaban J connectivity index is 1.44. The number of nitrogens with one attached hydrogen (secondary N) is 1. The minimum Gasteiger partial charge on any atom is -0.490 e. The highest BCUT2D eigenvalue weighted by Gasteiger charge is 2.19. The van der Waals surface area contributed by atoms with Gasteiger partial charge in [0.1, 0.15) is 0 Å². The zero-order valence-corrected chi connectivity index (χ0v) is 24.0. The molecule has 0 aliphatic heterocycles. The highest BCUT2D eigenvalue weighted by atomic mass is 32.1. The molecule has 4 nitrogen and oxygen atoms in total. The van der Waals surface area contributed by atoms with Crippen molar-refractivity contribution < 1.29 is 18.5 Å². The largest absolute Gasteiger partial charge is 0.490 e. The number of anilines is 1. The standard InChI is InChI=1S/C32H43FN2O2S/c1-3-4-5-6-7-8-9-10-11-12-13-16-22-37-31-28(19-17-20-29(31)33)32(36)34-30-21-15-14-18-27(30)23-35-25-38-24-26(35)2/h14-15,17-21,24-25H,3-13,16,22-23H2,1-2H3/p+1. The molecule has 0 unspecified atom stereocenters. The number of hydrogen-bond donors (Lipinski definition) is 1. The first-order chi connectivity index (χ1) is 18.6. The first kappa shape index (κ1) is 29.8. The first-order valence-electron chi connectivity index (χ1n) is 14.3. The third kappa shape index (κ3) is 9.86. The Hall–Kier alpha value is -2.73. The average Bonchev–Trinajstić information content (AvgIpc) is 3.32. The van der Waals surface area contributed by atoms with E-state index >= 15 is 0 Å². The van der Waals surface area contributed by atoms with Crippen LogP contribution in [0.25, 0.3) is 0 Å². The molecule has 1 N–H and O–H groups in total. The zero-order chi connectivity index (χ0) is 27.0. The molecule has 0 fully saturated rings. The van der Waals surface area contributed by atoms with Crippen LogP contribution in [0.5, 0.6) is 5.75 Å². The number of rotatable bonds is 18. The molecule has 0 bridgehead atoms. The molecule has 0 spiro atoms. The molecule has 38 heavy (non-hydrogen) atoms. The molecule has 0 aliphatic carbocycles. The summed E-state index contributed by atoms with van der Waals surface area (Å²) in [5.74, 6) is -0.836. The normalized spacial score (nSPS) is 11.0. The Kier molecular flexibility index (Phi) is 13.3. The van der Waals surface area contributed by atoms with Crippen molar-refractivity contribution in [3.8, 4) is 5.75 Å². The van der Waals surface area contributed by atoms with Gasteiger partial charge in [-0.2, -0.15) is 4.57 Å². The number of aryl methyl sites for hydroxylation is 1. The molecule has 1 aromatic heterocycles. The van der Waals surface area contributed by atoms with Crippen LogP contribution in [0.2, 0.25) is 0 Å². The molecular formula is C32H44FN2O2S+. The van der Waals surface area contributed by atoms with Crippen molar-refractivity contribution in [2.45, 2.75) is 97.4 Å². The average molecular weight is 540 g/mol. The fraction of sp³-hybridized carbons (Fsp3) is 0.500. The van der Waals surface area contributed by atoms with E-state index in [0.717, 1.165) is 24.1 Å². The highest BCUT2D eigenvalue weighted by molar-refractivity contribution is 7.07. The summed E-state index contributed by atoms with van der Waals surface area (Å²) in [5, 5.41) is 5.07. The van der Waals surface area contributed by atoms with Gasteiger partial charge in [0.15, 0.2) is 23.8 Å². The summed E-state index contributed by atoms with van der Waals surface area (Å²) in [7, 11) is 0. The van der Waals surface area contributed by atoms with Gasteiger partial charge in [-0.3, -0.25) is 4.79 Å². The van der Waals surface area contributed by atoms with Crippen LogP contribution >= 0.6 is 11.3 Å². The first-order valence-corrected chi connectivity index (χ1v) is 15.3. The predicted molar refractivity (Wildman–Crippen MR) is 156 cm³/mol. The van der Waals surface area contributed by atoms with Crippen LogP contribution in [0.3, 0.4) is 0 Å². The summed E-state index contributed by atoms with van der Waals surface area (Å²) in [4.78, 5) is 13.2. The highest BCUT2D eigenvalue weighted by Crippen LogP contribution is 2.25. The molecule has 206 valence electrons. The van der Waals surface area contributed by atoms with E-state index in [9.17, 15) is 9.18 Å². The molecule has 3 rings (SSSR count). The number of aromatic nitrogens is 1. The zero-order valence-electron chi connectivity index (χ0n) is 23.1. The molecular weight excluding hydrogens is 495 g/mol. The van der Waals surface area contributed by atoms with E-state index in [0.29, 0.717) is 18.8 Å². The van der Waals surface area contributed by atoms with Crippen molar-refractivity contribution in [3.63, 3.8) is 0 Å². The van der Waals surface area contributed by atoms with E-state index in [2.05, 4.69) is 34.6 Å². The number of hydrogen-bond acceptors (Lipinski definition) is 3. The lowest BCUT2D eigenvalue weighted by molar-refractivity contribution is -0.689. The van der Waals surface area contributed by atoms with E-state index in [1.807, 2.05) is 24.3 Å². The van der Waals surface area contributed by atoms with Gasteiger partial charge in [0, 0.05) is 12.5 Å². The van der Waals surface area contributed by atoms with Crippen LogP contribution in [0.4, 0.5) is 10.1 Å². The topological polar surface area (TPSA) is 42.2 Å². The SMILES string of the molecule is CCCCCCCCCCCCCCOc1c(F)cccc1C(=O)Nc1ccccc1C[n+]1cscc1C. The Morgan fingerprint density at radius 2 is 1.55 bits per heavy atom. The smallest absolute Gasteiger partial charge is 0.259 e. The van der Waals surface area contributed by atoms with E-state index in [4.69, 9.17) is 4.74 Å². The quantitative estimate of drug-likeness (QED) is 0.130. The number of ether oxygens (including phenoxy) is 1. The van der Waals surface area contributed by atoms with Gasteiger partial charge in [0.2, 0.25) is 5.51 Å². The van der Waals surface area contributed by atoms with E-state index in [-0.39, 0.29) is 17.2 Å². The molecule has 6 heteroatoms. The summed E-state index contributed by atoms with van der Waals surface area (Å²) < 4.78 is 22.6. The van der Waals surface area contributed by atoms with Gasteiger partial charge in [0.05, 0.1) is 23.2 Å². The molecule has 0 saturated carbocycles. The van der Waals surface area contributed by atoms with Crippen LogP contribution in [-0.4, -0.2) is 12.5 Å². The number of para-hydroxylation sites is 2. The third-order valence-corrected chi connectivity index (χ3v) is 7.80. The maximum Gasteiger partial charge on any atom is 0.259 e. The van der Waals surface area contributed by atoms with Crippen molar-refractivity contribution in [1.82, 2.24) is 0 Å². The number of nitrogens with zero attached hydrogens (tertiary/aromatic N) is 1. The van der Waals surface area contributed by atoms with Crippen molar-refractivity contribution in [3.05, 3.63) is 76.0 Å². The number of halogens is 1. The summed E-state index contributed by atoms with van der Waals surface area (Å²) in [6.45, 7) is 5.37. The van der Waals surface area contributed by atoms with Crippen molar-refractivity contribution in [2.24, 2.45) is 0 Å². The lowest BCUT2D eigenvalue weighted by Crippen LogP contribution is -2.34. The van der Waals surface area contributed by atoms with Gasteiger partial charge < -0.3 is 10.1 Å². The number of carbonyl (C=O) groups is 1. The molecule has 2 aromatic carbocycles. The predicted octanol–water partition coefficient (Wildman–Crippen LogP) is 8.86. The number of benzene rings is 2. The molecule has 3 aromatic rings. The van der Waals surface area contributed by atoms with Gasteiger partial charge in [-0.25, -0.2) is 4.39 Å². The number of thiazole rings is 1. The van der Waals surface area contributed by atoms with E-state index in [1.54, 1.807) is 23.5 Å². The Bertz CT molecular complexity index is 1110. The Morgan fingerprint density at radius 3 is 2.21 bits per heavy atom. The fourth-order valence-electron chi connectivity index (χ4n) is 4.62. The van der Waals surface area contributed by atoms with Crippen LogP contribution in [0, 0.1) is 12.7 Å². The van der Waals surface area contributed by atoms with Crippen molar-refractivity contribution >= 4 is 22.9 Å². The molecule has 0 radical (unpaired) electrons. The molecule has 0 aliphatic rings. The minimum absolute atomic E-state index is 0.0357. The second-order valence-corrected chi connectivity index (χ2v) is 10.8. The van der Waals surface area contributed by atoms with Crippen molar-refractivity contribution in [1.29, 1.82) is 0 Å². The van der Waals surface area contributed by atoms with Crippen molar-refractivity contribution in [2.75, 3.05) is 11.9 Å². The second-order valence-electron chi connectivity index (χ2n) is 10.1. The van der Waals surface area contributed by atoms with Gasteiger partial charge in [0.25, 0.3) is 5.91 Å². The summed E-state index contributed by atoms with van der Waals surface area (Å²) in [6, 6.07) is 12.2. The lowest BCUT2D eigenvalue weighted by Gasteiger charge is -2.14.